The second-order valence-electron chi connectivity index (χ2n) is 4.64. The third-order valence-electron chi connectivity index (χ3n) is 3.36. The van der Waals surface area contributed by atoms with Crippen LogP contribution in [0, 0.1) is 0 Å². The molecule has 0 aliphatic carbocycles. The third kappa shape index (κ3) is 2.08. The van der Waals surface area contributed by atoms with E-state index in [-0.39, 0.29) is 10.9 Å². The van der Waals surface area contributed by atoms with Crippen molar-refractivity contribution in [2.45, 2.75) is 23.8 Å². The number of rotatable bonds is 3. The molecule has 1 atom stereocenters. The molecular formula is C12H15N3O3S. The van der Waals surface area contributed by atoms with Gasteiger partial charge in [0.1, 0.15) is 10.7 Å². The molecule has 0 radical (unpaired) electrons. The molecule has 6 nitrogen and oxygen atoms in total. The van der Waals surface area contributed by atoms with Gasteiger partial charge in [0, 0.05) is 19.8 Å². The SMILES string of the molecule is Cn1cc(S(=O)(=O)N2CCC[C@H]2c2ccco2)cn1. The van der Waals surface area contributed by atoms with Crippen molar-refractivity contribution in [1.82, 2.24) is 14.1 Å². The molecule has 0 aromatic carbocycles. The Labute approximate surface area is 111 Å². The van der Waals surface area contributed by atoms with Crippen LogP contribution in [0.4, 0.5) is 0 Å². The standard InChI is InChI=1S/C12H15N3O3S/c1-14-9-10(8-13-14)19(16,17)15-6-2-4-11(15)12-5-3-7-18-12/h3,5,7-9,11H,2,4,6H2,1H3/t11-/m0/s1. The quantitative estimate of drug-likeness (QED) is 0.855. The third-order valence-corrected chi connectivity index (χ3v) is 5.22. The van der Waals surface area contributed by atoms with E-state index in [1.165, 1.54) is 21.4 Å². The molecule has 0 N–H and O–H groups in total. The molecule has 3 heterocycles. The van der Waals surface area contributed by atoms with E-state index in [4.69, 9.17) is 4.42 Å². The summed E-state index contributed by atoms with van der Waals surface area (Å²) in [6, 6.07) is 3.39. The minimum atomic E-state index is -3.50. The van der Waals surface area contributed by atoms with Crippen molar-refractivity contribution in [3.63, 3.8) is 0 Å². The second-order valence-corrected chi connectivity index (χ2v) is 6.53. The molecule has 1 saturated heterocycles. The van der Waals surface area contributed by atoms with Crippen molar-refractivity contribution in [3.8, 4) is 0 Å². The molecule has 1 aliphatic rings. The lowest BCUT2D eigenvalue weighted by Crippen LogP contribution is -2.30. The van der Waals surface area contributed by atoms with Crippen LogP contribution in [0.15, 0.2) is 40.1 Å². The molecule has 0 spiro atoms. The first-order valence-corrected chi connectivity index (χ1v) is 7.57. The van der Waals surface area contributed by atoms with E-state index < -0.39 is 10.0 Å². The fourth-order valence-corrected chi connectivity index (χ4v) is 4.11. The van der Waals surface area contributed by atoms with E-state index in [2.05, 4.69) is 5.10 Å². The highest BCUT2D eigenvalue weighted by molar-refractivity contribution is 7.89. The van der Waals surface area contributed by atoms with Crippen molar-refractivity contribution < 1.29 is 12.8 Å². The Balaban J connectivity index is 1.96. The fourth-order valence-electron chi connectivity index (χ4n) is 2.46. The summed E-state index contributed by atoms with van der Waals surface area (Å²) in [4.78, 5) is 0.230. The summed E-state index contributed by atoms with van der Waals surface area (Å²) >= 11 is 0. The van der Waals surface area contributed by atoms with Gasteiger partial charge in [0.2, 0.25) is 10.0 Å². The second kappa shape index (κ2) is 4.50. The lowest BCUT2D eigenvalue weighted by atomic mass is 10.2. The zero-order chi connectivity index (χ0) is 13.5. The molecule has 2 aromatic heterocycles. The van der Waals surface area contributed by atoms with Gasteiger partial charge < -0.3 is 4.42 Å². The van der Waals surface area contributed by atoms with E-state index in [1.54, 1.807) is 19.4 Å². The maximum absolute atomic E-state index is 12.6. The van der Waals surface area contributed by atoms with Gasteiger partial charge in [-0.15, -0.1) is 0 Å². The molecule has 0 unspecified atom stereocenters. The fraction of sp³-hybridized carbons (Fsp3) is 0.417. The monoisotopic (exact) mass is 281 g/mol. The van der Waals surface area contributed by atoms with Crippen molar-refractivity contribution in [1.29, 1.82) is 0 Å². The largest absolute Gasteiger partial charge is 0.468 e. The van der Waals surface area contributed by atoms with Crippen LogP contribution < -0.4 is 0 Å². The topological polar surface area (TPSA) is 68.3 Å². The molecule has 7 heteroatoms. The predicted octanol–water partition coefficient (Wildman–Crippen LogP) is 1.54. The van der Waals surface area contributed by atoms with Crippen molar-refractivity contribution in [2.75, 3.05) is 6.54 Å². The summed E-state index contributed by atoms with van der Waals surface area (Å²) in [5.74, 6) is 0.699. The van der Waals surface area contributed by atoms with Crippen LogP contribution in [0.2, 0.25) is 0 Å². The Kier molecular flexibility index (Phi) is 2.94. The zero-order valence-electron chi connectivity index (χ0n) is 10.6. The molecule has 3 rings (SSSR count). The highest BCUT2D eigenvalue weighted by Crippen LogP contribution is 2.36. The normalized spacial score (nSPS) is 21.0. The van der Waals surface area contributed by atoms with Gasteiger partial charge in [-0.3, -0.25) is 4.68 Å². The summed E-state index contributed by atoms with van der Waals surface area (Å²) in [5.41, 5.74) is 0. The number of hydrogen-bond acceptors (Lipinski definition) is 4. The minimum Gasteiger partial charge on any atom is -0.468 e. The van der Waals surface area contributed by atoms with Crippen molar-refractivity contribution >= 4 is 10.0 Å². The van der Waals surface area contributed by atoms with E-state index >= 15 is 0 Å². The van der Waals surface area contributed by atoms with Crippen molar-refractivity contribution in [3.05, 3.63) is 36.5 Å². The summed E-state index contributed by atoms with van der Waals surface area (Å²) in [7, 11) is -1.80. The van der Waals surface area contributed by atoms with E-state index in [0.29, 0.717) is 12.3 Å². The number of aromatic nitrogens is 2. The van der Waals surface area contributed by atoms with E-state index in [9.17, 15) is 8.42 Å². The number of furan rings is 1. The van der Waals surface area contributed by atoms with Gasteiger partial charge in [0.25, 0.3) is 0 Å². The maximum Gasteiger partial charge on any atom is 0.246 e. The summed E-state index contributed by atoms with van der Waals surface area (Å²) in [6.45, 7) is 0.516. The number of hydrogen-bond donors (Lipinski definition) is 0. The van der Waals surface area contributed by atoms with Gasteiger partial charge in [-0.1, -0.05) is 0 Å². The highest BCUT2D eigenvalue weighted by atomic mass is 32.2. The Morgan fingerprint density at radius 1 is 1.47 bits per heavy atom. The Bertz CT molecular complexity index is 660. The van der Waals surface area contributed by atoms with Crippen LogP contribution >= 0.6 is 0 Å². The first-order chi connectivity index (χ1) is 9.09. The van der Waals surface area contributed by atoms with Crippen LogP contribution in [0.25, 0.3) is 0 Å². The summed E-state index contributed by atoms with van der Waals surface area (Å²) in [6.07, 6.45) is 6.10. The van der Waals surface area contributed by atoms with E-state index in [0.717, 1.165) is 12.8 Å². The minimum absolute atomic E-state index is 0.208. The number of aryl methyl sites for hydroxylation is 1. The number of nitrogens with zero attached hydrogens (tertiary/aromatic N) is 3. The smallest absolute Gasteiger partial charge is 0.246 e. The van der Waals surface area contributed by atoms with Gasteiger partial charge in [0.05, 0.1) is 18.5 Å². The molecule has 0 amide bonds. The summed E-state index contributed by atoms with van der Waals surface area (Å²) in [5, 5.41) is 3.93. The zero-order valence-corrected chi connectivity index (χ0v) is 11.4. The van der Waals surface area contributed by atoms with Gasteiger partial charge in [-0.2, -0.15) is 9.40 Å². The first kappa shape index (κ1) is 12.4. The molecule has 2 aromatic rings. The first-order valence-electron chi connectivity index (χ1n) is 6.13. The average molecular weight is 281 g/mol. The van der Waals surface area contributed by atoms with Gasteiger partial charge in [0.15, 0.2) is 0 Å². The van der Waals surface area contributed by atoms with Gasteiger partial charge in [-0.05, 0) is 25.0 Å². The molecular weight excluding hydrogens is 266 g/mol. The Morgan fingerprint density at radius 2 is 2.32 bits per heavy atom. The molecule has 0 saturated carbocycles. The van der Waals surface area contributed by atoms with Gasteiger partial charge in [-0.25, -0.2) is 8.42 Å². The van der Waals surface area contributed by atoms with Crippen LogP contribution in [0.3, 0.4) is 0 Å². The Hall–Kier alpha value is -1.60. The molecule has 19 heavy (non-hydrogen) atoms. The lowest BCUT2D eigenvalue weighted by Gasteiger charge is -2.21. The van der Waals surface area contributed by atoms with Crippen LogP contribution in [-0.4, -0.2) is 29.0 Å². The van der Waals surface area contributed by atoms with Crippen LogP contribution in [-0.2, 0) is 17.1 Å². The van der Waals surface area contributed by atoms with Crippen LogP contribution in [0.5, 0.6) is 0 Å². The van der Waals surface area contributed by atoms with E-state index in [1.807, 2.05) is 6.07 Å². The maximum atomic E-state index is 12.6. The van der Waals surface area contributed by atoms with Crippen molar-refractivity contribution in [2.24, 2.45) is 7.05 Å². The molecule has 102 valence electrons. The average Bonchev–Trinajstić information content (AvgIpc) is 3.09. The highest BCUT2D eigenvalue weighted by Gasteiger charge is 2.38. The lowest BCUT2D eigenvalue weighted by molar-refractivity contribution is 0.340. The van der Waals surface area contributed by atoms with Crippen LogP contribution in [0.1, 0.15) is 24.6 Å². The molecule has 0 bridgehead atoms. The van der Waals surface area contributed by atoms with Gasteiger partial charge >= 0.3 is 0 Å². The Morgan fingerprint density at radius 3 is 2.95 bits per heavy atom. The summed E-state index contributed by atoms with van der Waals surface area (Å²) < 4.78 is 33.5. The molecule has 1 aliphatic heterocycles. The number of sulfonamides is 1. The molecule has 1 fully saturated rings. The predicted molar refractivity (Wildman–Crippen MR) is 67.8 cm³/mol.